The van der Waals surface area contributed by atoms with Crippen molar-refractivity contribution in [3.8, 4) is 0 Å². The number of nitrogens with zero attached hydrogens (tertiary/aromatic N) is 1. The van der Waals surface area contributed by atoms with Gasteiger partial charge in [0.2, 0.25) is 5.91 Å². The van der Waals surface area contributed by atoms with Crippen molar-refractivity contribution < 1.29 is 14.3 Å². The smallest absolute Gasteiger partial charge is 0.309 e. The quantitative estimate of drug-likeness (QED) is 0.438. The number of ether oxygens (including phenoxy) is 1. The molecule has 2 aliphatic rings. The summed E-state index contributed by atoms with van der Waals surface area (Å²) in [6.45, 7) is 2.22. The van der Waals surface area contributed by atoms with Crippen molar-refractivity contribution in [1.82, 2.24) is 0 Å². The van der Waals surface area contributed by atoms with Crippen molar-refractivity contribution in [1.29, 1.82) is 0 Å². The van der Waals surface area contributed by atoms with Crippen molar-refractivity contribution in [3.63, 3.8) is 0 Å². The Kier molecular flexibility index (Phi) is 5.29. The van der Waals surface area contributed by atoms with Gasteiger partial charge in [-0.05, 0) is 43.4 Å². The van der Waals surface area contributed by atoms with Crippen LogP contribution in [-0.2, 0) is 14.3 Å². The van der Waals surface area contributed by atoms with E-state index in [1.54, 1.807) is 0 Å². The number of hydrogen-bond acceptors (Lipinski definition) is 3. The molecule has 1 aliphatic heterocycles. The summed E-state index contributed by atoms with van der Waals surface area (Å²) in [7, 11) is 0. The Labute approximate surface area is 165 Å². The zero-order chi connectivity index (χ0) is 19.5. The topological polar surface area (TPSA) is 46.6 Å². The number of para-hydroxylation sites is 1. The lowest BCUT2D eigenvalue weighted by molar-refractivity contribution is -0.149. The van der Waals surface area contributed by atoms with Crippen molar-refractivity contribution in [2.24, 2.45) is 17.8 Å². The van der Waals surface area contributed by atoms with E-state index in [9.17, 15) is 9.59 Å². The summed E-state index contributed by atoms with van der Waals surface area (Å²) < 4.78 is 5.22. The van der Waals surface area contributed by atoms with Gasteiger partial charge in [-0.15, -0.1) is 0 Å². The highest BCUT2D eigenvalue weighted by Crippen LogP contribution is 2.49. The Bertz CT molecular complexity index is 862. The Morgan fingerprint density at radius 2 is 1.75 bits per heavy atom. The summed E-state index contributed by atoms with van der Waals surface area (Å²) in [5.41, 5.74) is 2.04. The molecule has 144 valence electrons. The van der Waals surface area contributed by atoms with Gasteiger partial charge >= 0.3 is 5.97 Å². The molecule has 0 radical (unpaired) electrons. The van der Waals surface area contributed by atoms with E-state index in [2.05, 4.69) is 18.2 Å². The number of rotatable bonds is 5. The average Bonchev–Trinajstić information content (AvgIpc) is 2.74. The van der Waals surface area contributed by atoms with Gasteiger partial charge in [0.25, 0.3) is 0 Å². The summed E-state index contributed by atoms with van der Waals surface area (Å²) in [4.78, 5) is 27.4. The molecule has 1 amide bonds. The number of hydrogen-bond donors (Lipinski definition) is 0. The zero-order valence-electron chi connectivity index (χ0n) is 16.0. The minimum absolute atomic E-state index is 0.0216. The van der Waals surface area contributed by atoms with E-state index in [1.165, 1.54) is 0 Å². The number of carbonyl (C=O) groups excluding carboxylic acids is 2. The highest BCUT2D eigenvalue weighted by atomic mass is 16.5. The molecule has 0 unspecified atom stereocenters. The number of benzene rings is 2. The molecule has 1 fully saturated rings. The molecule has 4 nitrogen and oxygen atoms in total. The maximum absolute atomic E-state index is 13.2. The van der Waals surface area contributed by atoms with Crippen molar-refractivity contribution >= 4 is 17.6 Å². The second kappa shape index (κ2) is 8.01. The minimum Gasteiger partial charge on any atom is -0.466 e. The molecule has 2 aromatic carbocycles. The van der Waals surface area contributed by atoms with E-state index >= 15 is 0 Å². The molecule has 2 aromatic rings. The van der Waals surface area contributed by atoms with Crippen LogP contribution >= 0.6 is 0 Å². The molecule has 4 heteroatoms. The Morgan fingerprint density at radius 3 is 2.43 bits per heavy atom. The van der Waals surface area contributed by atoms with Gasteiger partial charge in [-0.1, -0.05) is 60.7 Å². The van der Waals surface area contributed by atoms with Gasteiger partial charge in [-0.25, -0.2) is 0 Å². The summed E-state index contributed by atoms with van der Waals surface area (Å²) in [6.07, 6.45) is 5.51. The van der Waals surface area contributed by atoms with Crippen LogP contribution in [0, 0.1) is 17.8 Å². The normalized spacial score (nSPS) is 26.6. The third kappa shape index (κ3) is 3.35. The van der Waals surface area contributed by atoms with Crippen LogP contribution < -0.4 is 4.90 Å². The SMILES string of the molecule is CCOC(=O)[C@@H]1CC=C[C@@H]([C@@H]2C(=O)N(c3ccccc3)[C@H]2c2ccccc2)C1. The fraction of sp³-hybridized carbons (Fsp3) is 0.333. The number of β-lactam (4-membered cyclic amide) rings is 1. The largest absolute Gasteiger partial charge is 0.466 e. The molecule has 4 rings (SSSR count). The molecule has 1 aliphatic carbocycles. The van der Waals surface area contributed by atoms with Gasteiger partial charge in [-0.3, -0.25) is 9.59 Å². The van der Waals surface area contributed by atoms with E-state index in [4.69, 9.17) is 4.74 Å². The number of esters is 1. The minimum atomic E-state index is -0.162. The van der Waals surface area contributed by atoms with E-state index < -0.39 is 0 Å². The third-order valence-corrected chi connectivity index (χ3v) is 5.76. The summed E-state index contributed by atoms with van der Waals surface area (Å²) in [5.74, 6) is -0.305. The zero-order valence-corrected chi connectivity index (χ0v) is 16.0. The molecule has 0 aromatic heterocycles. The van der Waals surface area contributed by atoms with Crippen LogP contribution in [0.1, 0.15) is 31.4 Å². The van der Waals surface area contributed by atoms with Crippen LogP contribution in [0.3, 0.4) is 0 Å². The van der Waals surface area contributed by atoms with Crippen LogP contribution in [0.4, 0.5) is 5.69 Å². The van der Waals surface area contributed by atoms with Gasteiger partial charge in [0, 0.05) is 5.69 Å². The first-order valence-corrected chi connectivity index (χ1v) is 9.97. The van der Waals surface area contributed by atoms with Gasteiger partial charge < -0.3 is 9.64 Å². The predicted octanol–water partition coefficient (Wildman–Crippen LogP) is 4.54. The van der Waals surface area contributed by atoms with Crippen molar-refractivity contribution in [2.75, 3.05) is 11.5 Å². The summed E-state index contributed by atoms with van der Waals surface area (Å²) in [6, 6.07) is 20.0. The predicted molar refractivity (Wildman–Crippen MR) is 109 cm³/mol. The van der Waals surface area contributed by atoms with Gasteiger partial charge in [-0.2, -0.15) is 0 Å². The fourth-order valence-corrected chi connectivity index (χ4v) is 4.45. The van der Waals surface area contributed by atoms with E-state index in [-0.39, 0.29) is 35.7 Å². The van der Waals surface area contributed by atoms with E-state index in [0.29, 0.717) is 19.4 Å². The molecule has 1 saturated heterocycles. The van der Waals surface area contributed by atoms with Crippen LogP contribution in [-0.4, -0.2) is 18.5 Å². The first-order valence-electron chi connectivity index (χ1n) is 9.97. The maximum Gasteiger partial charge on any atom is 0.309 e. The summed E-state index contributed by atoms with van der Waals surface area (Å²) in [5, 5.41) is 0. The molecule has 0 N–H and O–H groups in total. The summed E-state index contributed by atoms with van der Waals surface area (Å²) >= 11 is 0. The number of amides is 1. The maximum atomic E-state index is 13.2. The first-order chi connectivity index (χ1) is 13.7. The van der Waals surface area contributed by atoms with Gasteiger partial charge in [0.15, 0.2) is 0 Å². The Balaban J connectivity index is 1.63. The molecule has 0 bridgehead atoms. The third-order valence-electron chi connectivity index (χ3n) is 5.76. The number of allylic oxidation sites excluding steroid dienone is 2. The van der Waals surface area contributed by atoms with Gasteiger partial charge in [0.05, 0.1) is 24.5 Å². The van der Waals surface area contributed by atoms with Gasteiger partial charge in [0.1, 0.15) is 0 Å². The van der Waals surface area contributed by atoms with Crippen LogP contribution in [0.2, 0.25) is 0 Å². The lowest BCUT2D eigenvalue weighted by atomic mass is 9.69. The molecular formula is C24H25NO3. The molecule has 0 saturated carbocycles. The first kappa shape index (κ1) is 18.5. The molecular weight excluding hydrogens is 350 g/mol. The second-order valence-corrected chi connectivity index (χ2v) is 7.44. The average molecular weight is 375 g/mol. The van der Waals surface area contributed by atoms with Crippen molar-refractivity contribution in [3.05, 3.63) is 78.4 Å². The van der Waals surface area contributed by atoms with E-state index in [0.717, 1.165) is 11.3 Å². The molecule has 28 heavy (non-hydrogen) atoms. The number of carbonyl (C=O) groups is 2. The lowest BCUT2D eigenvalue weighted by Crippen LogP contribution is -2.58. The van der Waals surface area contributed by atoms with Crippen LogP contribution in [0.15, 0.2) is 72.8 Å². The Morgan fingerprint density at radius 1 is 1.07 bits per heavy atom. The van der Waals surface area contributed by atoms with Crippen molar-refractivity contribution in [2.45, 2.75) is 25.8 Å². The lowest BCUT2D eigenvalue weighted by Gasteiger charge is -2.50. The highest BCUT2D eigenvalue weighted by molar-refractivity contribution is 6.03. The second-order valence-electron chi connectivity index (χ2n) is 7.44. The standard InChI is InChI=1S/C24H25NO3/c1-2-28-24(27)19-13-9-12-18(16-19)21-22(17-10-5-3-6-11-17)25(23(21)26)20-14-7-4-8-15-20/h3-12,14-15,18-19,21-22H,2,13,16H2,1H3/t18-,19-,21+,22+/m1/s1. The van der Waals surface area contributed by atoms with Crippen LogP contribution in [0.25, 0.3) is 0 Å². The van der Waals surface area contributed by atoms with E-state index in [1.807, 2.05) is 66.4 Å². The molecule has 1 heterocycles. The fourth-order valence-electron chi connectivity index (χ4n) is 4.45. The van der Waals surface area contributed by atoms with Crippen LogP contribution in [0.5, 0.6) is 0 Å². The highest BCUT2D eigenvalue weighted by Gasteiger charge is 2.52. The molecule has 0 spiro atoms. The number of anilines is 1. The Hall–Kier alpha value is -2.88. The monoisotopic (exact) mass is 375 g/mol. The molecule has 4 atom stereocenters.